The molecule has 0 spiro atoms. The first-order valence-corrected chi connectivity index (χ1v) is 13.8. The number of carbonyl (C=O) groups is 1. The van der Waals surface area contributed by atoms with Crippen LogP contribution in [-0.2, 0) is 16.0 Å². The van der Waals surface area contributed by atoms with Gasteiger partial charge >= 0.3 is 5.97 Å². The van der Waals surface area contributed by atoms with Crippen molar-refractivity contribution in [2.75, 3.05) is 11.5 Å². The molecule has 3 heteroatoms. The van der Waals surface area contributed by atoms with Crippen LogP contribution in [-0.4, -0.2) is 12.6 Å². The van der Waals surface area contributed by atoms with Crippen LogP contribution >= 0.6 is 0 Å². The van der Waals surface area contributed by atoms with Crippen LogP contribution < -0.4 is 4.90 Å². The number of rotatable bonds is 10. The number of hydrogen-bond acceptors (Lipinski definition) is 3. The normalized spacial score (nSPS) is 11.1. The molecule has 0 saturated carbocycles. The molecule has 0 heterocycles. The molecule has 0 radical (unpaired) electrons. The second kappa shape index (κ2) is 13.3. The molecule has 0 amide bonds. The fraction of sp³-hybridized carbons (Fsp3) is 0.0789. The summed E-state index contributed by atoms with van der Waals surface area (Å²) >= 11 is 0. The molecule has 0 aliphatic carbocycles. The predicted octanol–water partition coefficient (Wildman–Crippen LogP) is 9.41. The Balaban J connectivity index is 1.42. The van der Waals surface area contributed by atoms with Gasteiger partial charge in [-0.15, -0.1) is 0 Å². The number of para-hydroxylation sites is 2. The van der Waals surface area contributed by atoms with Crippen LogP contribution in [0.2, 0.25) is 0 Å². The minimum Gasteiger partial charge on any atom is -0.462 e. The molecule has 0 bridgehead atoms. The molecular formula is C38H33NO2. The molecule has 41 heavy (non-hydrogen) atoms. The second-order valence-corrected chi connectivity index (χ2v) is 9.89. The quantitative estimate of drug-likeness (QED) is 0.101. The zero-order chi connectivity index (χ0) is 28.4. The maximum absolute atomic E-state index is 11.7. The van der Waals surface area contributed by atoms with Crippen LogP contribution in [0.5, 0.6) is 0 Å². The Bertz CT molecular complexity index is 1570. The molecular weight excluding hydrogens is 502 g/mol. The number of anilines is 3. The van der Waals surface area contributed by atoms with Gasteiger partial charge in [0.1, 0.15) is 0 Å². The third kappa shape index (κ3) is 7.09. The Labute approximate surface area is 242 Å². The summed E-state index contributed by atoms with van der Waals surface area (Å²) in [5.74, 6) is -0.349. The first kappa shape index (κ1) is 27.4. The molecule has 202 valence electrons. The van der Waals surface area contributed by atoms with Gasteiger partial charge in [-0.2, -0.15) is 0 Å². The van der Waals surface area contributed by atoms with E-state index in [0.29, 0.717) is 18.6 Å². The molecule has 5 aromatic carbocycles. The average Bonchev–Trinajstić information content (AvgIpc) is 3.02. The Kier molecular flexibility index (Phi) is 8.88. The summed E-state index contributed by atoms with van der Waals surface area (Å²) in [6.07, 6.45) is 2.89. The standard InChI is InChI=1S/C38H33NO2/c1-29(2)38(40)41-27-26-30-18-22-33(23-19-30)37(32-12-6-3-7-13-32)28-31-20-24-36(25-21-31)39(34-14-8-4-9-15-34)35-16-10-5-11-17-35/h3-25,28H,1,26-27H2,2H3/b37-28-. The minimum atomic E-state index is -0.349. The van der Waals surface area contributed by atoms with Crippen LogP contribution in [0.25, 0.3) is 11.6 Å². The highest BCUT2D eigenvalue weighted by Crippen LogP contribution is 2.35. The number of esters is 1. The van der Waals surface area contributed by atoms with Gasteiger partial charge in [0, 0.05) is 29.1 Å². The molecule has 5 aromatic rings. The van der Waals surface area contributed by atoms with Gasteiger partial charge in [-0.3, -0.25) is 0 Å². The smallest absolute Gasteiger partial charge is 0.333 e. The van der Waals surface area contributed by atoms with E-state index < -0.39 is 0 Å². The molecule has 0 aliphatic rings. The van der Waals surface area contributed by atoms with Gasteiger partial charge in [0.2, 0.25) is 0 Å². The predicted molar refractivity (Wildman–Crippen MR) is 170 cm³/mol. The molecule has 3 nitrogen and oxygen atoms in total. The van der Waals surface area contributed by atoms with Crippen LogP contribution in [0.4, 0.5) is 17.1 Å². The van der Waals surface area contributed by atoms with Crippen molar-refractivity contribution in [3.8, 4) is 0 Å². The highest BCUT2D eigenvalue weighted by molar-refractivity contribution is 5.92. The van der Waals surface area contributed by atoms with E-state index in [1.54, 1.807) is 6.92 Å². The maximum atomic E-state index is 11.7. The topological polar surface area (TPSA) is 29.5 Å². The van der Waals surface area contributed by atoms with Crippen LogP contribution in [0.15, 0.2) is 152 Å². The van der Waals surface area contributed by atoms with Gasteiger partial charge in [-0.25, -0.2) is 4.79 Å². The van der Waals surface area contributed by atoms with Crippen molar-refractivity contribution in [2.24, 2.45) is 0 Å². The van der Waals surface area contributed by atoms with Gasteiger partial charge in [-0.05, 0) is 77.2 Å². The van der Waals surface area contributed by atoms with Crippen LogP contribution in [0.1, 0.15) is 29.2 Å². The SMILES string of the molecule is C=C(C)C(=O)OCCc1ccc(/C(=C\c2ccc(N(c3ccccc3)c3ccccc3)cc2)c2ccccc2)cc1. The van der Waals surface area contributed by atoms with Crippen LogP contribution in [0.3, 0.4) is 0 Å². The van der Waals surface area contributed by atoms with Crippen molar-refractivity contribution >= 4 is 34.7 Å². The summed E-state index contributed by atoms with van der Waals surface area (Å²) < 4.78 is 5.26. The summed E-state index contributed by atoms with van der Waals surface area (Å²) in [5, 5.41) is 0. The van der Waals surface area contributed by atoms with E-state index in [0.717, 1.165) is 44.9 Å². The van der Waals surface area contributed by atoms with Gasteiger partial charge in [0.15, 0.2) is 0 Å². The highest BCUT2D eigenvalue weighted by atomic mass is 16.5. The number of ether oxygens (including phenoxy) is 1. The Morgan fingerprint density at radius 1 is 0.659 bits per heavy atom. The molecule has 0 N–H and O–H groups in total. The second-order valence-electron chi connectivity index (χ2n) is 9.89. The molecule has 0 atom stereocenters. The Morgan fingerprint density at radius 2 is 1.15 bits per heavy atom. The molecule has 5 rings (SSSR count). The molecule has 0 aliphatic heterocycles. The third-order valence-electron chi connectivity index (χ3n) is 6.81. The lowest BCUT2D eigenvalue weighted by molar-refractivity contribution is -0.138. The van der Waals surface area contributed by atoms with Crippen molar-refractivity contribution in [1.29, 1.82) is 0 Å². The summed E-state index contributed by atoms with van der Waals surface area (Å²) in [6, 6.07) is 48.4. The lowest BCUT2D eigenvalue weighted by atomic mass is 9.94. The summed E-state index contributed by atoms with van der Waals surface area (Å²) in [5.41, 5.74) is 9.38. The van der Waals surface area contributed by atoms with Gasteiger partial charge in [0.05, 0.1) is 6.61 Å². The van der Waals surface area contributed by atoms with Gasteiger partial charge in [-0.1, -0.05) is 110 Å². The Morgan fingerprint density at radius 3 is 1.68 bits per heavy atom. The van der Waals surface area contributed by atoms with Crippen molar-refractivity contribution < 1.29 is 9.53 Å². The molecule has 0 fully saturated rings. The van der Waals surface area contributed by atoms with Crippen molar-refractivity contribution in [1.82, 2.24) is 0 Å². The van der Waals surface area contributed by atoms with E-state index in [1.807, 2.05) is 18.2 Å². The van der Waals surface area contributed by atoms with E-state index in [-0.39, 0.29) is 5.97 Å². The summed E-state index contributed by atoms with van der Waals surface area (Å²) in [6.45, 7) is 5.63. The maximum Gasteiger partial charge on any atom is 0.333 e. The van der Waals surface area contributed by atoms with Gasteiger partial charge in [0.25, 0.3) is 0 Å². The van der Waals surface area contributed by atoms with Crippen LogP contribution in [0, 0.1) is 0 Å². The van der Waals surface area contributed by atoms with E-state index in [9.17, 15) is 4.79 Å². The number of carbonyl (C=O) groups excluding carboxylic acids is 1. The minimum absolute atomic E-state index is 0.335. The zero-order valence-corrected chi connectivity index (χ0v) is 23.2. The summed E-state index contributed by atoms with van der Waals surface area (Å²) in [7, 11) is 0. The van der Waals surface area contributed by atoms with Crippen molar-refractivity contribution in [3.05, 3.63) is 174 Å². The van der Waals surface area contributed by atoms with E-state index in [1.165, 1.54) is 0 Å². The van der Waals surface area contributed by atoms with Gasteiger partial charge < -0.3 is 9.64 Å². The fourth-order valence-electron chi connectivity index (χ4n) is 4.67. The zero-order valence-electron chi connectivity index (χ0n) is 23.2. The van der Waals surface area contributed by atoms with E-state index in [2.05, 4.69) is 139 Å². The number of benzene rings is 5. The number of nitrogens with zero attached hydrogens (tertiary/aromatic N) is 1. The monoisotopic (exact) mass is 535 g/mol. The molecule has 0 unspecified atom stereocenters. The Hall–Kier alpha value is -5.15. The summed E-state index contributed by atoms with van der Waals surface area (Å²) in [4.78, 5) is 13.9. The average molecular weight is 536 g/mol. The van der Waals surface area contributed by atoms with E-state index >= 15 is 0 Å². The van der Waals surface area contributed by atoms with Crippen molar-refractivity contribution in [2.45, 2.75) is 13.3 Å². The lowest BCUT2D eigenvalue weighted by Gasteiger charge is -2.25. The first-order valence-electron chi connectivity index (χ1n) is 13.8. The molecule has 0 aromatic heterocycles. The first-order chi connectivity index (χ1) is 20.1. The van der Waals surface area contributed by atoms with Crippen molar-refractivity contribution in [3.63, 3.8) is 0 Å². The molecule has 0 saturated heterocycles. The number of hydrogen-bond donors (Lipinski definition) is 0. The largest absolute Gasteiger partial charge is 0.462 e. The third-order valence-corrected chi connectivity index (χ3v) is 6.81. The highest BCUT2D eigenvalue weighted by Gasteiger charge is 2.12. The lowest BCUT2D eigenvalue weighted by Crippen LogP contribution is -2.09. The fourth-order valence-corrected chi connectivity index (χ4v) is 4.67. The van der Waals surface area contributed by atoms with E-state index in [4.69, 9.17) is 4.74 Å².